The van der Waals surface area contributed by atoms with Crippen molar-refractivity contribution < 1.29 is 9.47 Å². The second-order valence-electron chi connectivity index (χ2n) is 17.3. The summed E-state index contributed by atoms with van der Waals surface area (Å²) in [6, 6.07) is 15.8. The molecule has 2 fully saturated rings. The minimum absolute atomic E-state index is 0.257. The molecule has 18 heteroatoms. The molecule has 8 aromatic heterocycles. The third-order valence-corrected chi connectivity index (χ3v) is 11.4. The van der Waals surface area contributed by atoms with Gasteiger partial charge in [0.05, 0.1) is 71.3 Å². The van der Waals surface area contributed by atoms with Crippen LogP contribution in [-0.2, 0) is 36.8 Å². The average Bonchev–Trinajstić information content (AvgIpc) is 3.84. The number of likely N-dealkylation sites (N-methyl/N-ethyl adjacent to an activating group) is 1. The van der Waals surface area contributed by atoms with Gasteiger partial charge in [-0.2, -0.15) is 20.4 Å². The molecule has 0 atom stereocenters. The summed E-state index contributed by atoms with van der Waals surface area (Å²) in [5, 5.41) is 35.5. The van der Waals surface area contributed by atoms with Gasteiger partial charge in [0, 0.05) is 87.3 Å². The molecule has 0 spiro atoms. The fraction of sp³-hybridized carbons (Fsp3) is 0.362. The van der Waals surface area contributed by atoms with Crippen LogP contribution in [0.1, 0.15) is 62.0 Å². The Balaban J connectivity index is 0.000000164. The summed E-state index contributed by atoms with van der Waals surface area (Å²) < 4.78 is 15.6. The van der Waals surface area contributed by atoms with E-state index in [1.54, 1.807) is 12.4 Å². The fourth-order valence-corrected chi connectivity index (χ4v) is 7.51. The van der Waals surface area contributed by atoms with Crippen LogP contribution in [0.15, 0.2) is 85.7 Å². The summed E-state index contributed by atoms with van der Waals surface area (Å²) in [5.41, 5.74) is 11.2. The molecule has 2 saturated heterocycles. The average molecular weight is 875 g/mol. The molecule has 0 aromatic carbocycles. The maximum absolute atomic E-state index is 6.03. The van der Waals surface area contributed by atoms with Crippen LogP contribution in [0, 0.1) is 0 Å². The SMILES string of the molecule is CC(C)c1cnnc(Nc2ccc3ncc(-c4cn(C)nc4COC4CN(C)C4)cc3n2)c1.CC(C)c1cnnc(Nc2ccc3ncc(-c4cn(C)nc4COC4CNC4)cc3n2)c1. The van der Waals surface area contributed by atoms with Crippen LogP contribution in [-0.4, -0.2) is 110 Å². The van der Waals surface area contributed by atoms with Crippen molar-refractivity contribution in [3.63, 3.8) is 0 Å². The zero-order chi connectivity index (χ0) is 45.0. The van der Waals surface area contributed by atoms with Gasteiger partial charge in [0.1, 0.15) is 11.6 Å². The van der Waals surface area contributed by atoms with E-state index in [0.717, 1.165) is 93.0 Å². The molecule has 0 radical (unpaired) electrons. The van der Waals surface area contributed by atoms with E-state index in [1.165, 1.54) is 0 Å². The van der Waals surface area contributed by atoms with Gasteiger partial charge in [-0.3, -0.25) is 19.3 Å². The Bertz CT molecular complexity index is 2920. The molecule has 3 N–H and O–H groups in total. The van der Waals surface area contributed by atoms with Crippen molar-refractivity contribution in [3.05, 3.63) is 108 Å². The topological polar surface area (TPSA) is 197 Å². The molecule has 18 nitrogen and oxygen atoms in total. The van der Waals surface area contributed by atoms with Crippen molar-refractivity contribution in [1.82, 2.24) is 70.1 Å². The van der Waals surface area contributed by atoms with Crippen molar-refractivity contribution in [2.24, 2.45) is 14.1 Å². The lowest BCUT2D eigenvalue weighted by atomic mass is 10.1. The molecule has 334 valence electrons. The molecule has 0 amide bonds. The number of hydrogen-bond acceptors (Lipinski definition) is 16. The fourth-order valence-electron chi connectivity index (χ4n) is 7.51. The van der Waals surface area contributed by atoms with Gasteiger partial charge in [0.15, 0.2) is 11.6 Å². The third-order valence-electron chi connectivity index (χ3n) is 11.4. The smallest absolute Gasteiger partial charge is 0.154 e. The lowest BCUT2D eigenvalue weighted by molar-refractivity contribution is -0.0528. The van der Waals surface area contributed by atoms with E-state index < -0.39 is 0 Å². The molecule has 10 heterocycles. The molecule has 0 bridgehead atoms. The summed E-state index contributed by atoms with van der Waals surface area (Å²) >= 11 is 0. The summed E-state index contributed by atoms with van der Waals surface area (Å²) in [6.45, 7) is 13.2. The number of rotatable bonds is 14. The van der Waals surface area contributed by atoms with Gasteiger partial charge >= 0.3 is 0 Å². The highest BCUT2D eigenvalue weighted by atomic mass is 16.5. The van der Waals surface area contributed by atoms with E-state index in [4.69, 9.17) is 19.4 Å². The van der Waals surface area contributed by atoms with E-state index in [1.807, 2.05) is 96.8 Å². The Morgan fingerprint density at radius 3 is 1.51 bits per heavy atom. The first-order chi connectivity index (χ1) is 31.5. The standard InChI is InChI=1S/C24H28N8O.C23H26N8O/c1-15(2)16-8-24(29-26-10-16)28-23-6-5-20-21(27-23)7-17(9-25-20)19-13-32(4)30-22(19)14-33-18-11-31(3)12-18;1-14(2)15-7-23(29-26-9-15)28-22-5-4-19-20(27-22)6-16(8-25-19)18-12-31(3)30-21(18)13-32-17-10-24-11-17/h5-10,13,15,18H,11-12,14H2,1-4H3,(H,27,28,29);4-9,12,14,17,24H,10-11,13H2,1-3H3,(H,27,28,29). The molecule has 0 saturated carbocycles. The lowest BCUT2D eigenvalue weighted by Crippen LogP contribution is -2.49. The van der Waals surface area contributed by atoms with Crippen LogP contribution in [0.25, 0.3) is 44.3 Å². The van der Waals surface area contributed by atoms with E-state index in [2.05, 4.69) is 96.2 Å². The molecule has 10 rings (SSSR count). The van der Waals surface area contributed by atoms with E-state index >= 15 is 0 Å². The van der Waals surface area contributed by atoms with Crippen LogP contribution in [0.3, 0.4) is 0 Å². The Morgan fingerprint density at radius 2 is 1.08 bits per heavy atom. The number of nitrogens with one attached hydrogen (secondary N) is 3. The number of pyridine rings is 4. The second kappa shape index (κ2) is 19.1. The molecule has 8 aromatic rings. The van der Waals surface area contributed by atoms with Gasteiger partial charge in [-0.1, -0.05) is 27.7 Å². The molecular weight excluding hydrogens is 821 g/mol. The summed E-state index contributed by atoms with van der Waals surface area (Å²) in [7, 11) is 5.93. The normalized spacial score (nSPS) is 14.4. The molecular formula is C47H54N16O2. The van der Waals surface area contributed by atoms with Gasteiger partial charge in [-0.25, -0.2) is 9.97 Å². The first-order valence-corrected chi connectivity index (χ1v) is 21.9. The van der Waals surface area contributed by atoms with E-state index in [-0.39, 0.29) is 12.2 Å². The van der Waals surface area contributed by atoms with E-state index in [9.17, 15) is 0 Å². The first kappa shape index (κ1) is 43.4. The number of ether oxygens (including phenoxy) is 2. The van der Waals surface area contributed by atoms with Gasteiger partial charge < -0.3 is 30.3 Å². The van der Waals surface area contributed by atoms with Crippen molar-refractivity contribution >= 4 is 45.3 Å². The number of likely N-dealkylation sites (tertiary alicyclic amines) is 1. The molecule has 0 unspecified atom stereocenters. The van der Waals surface area contributed by atoms with Crippen molar-refractivity contribution in [3.8, 4) is 22.3 Å². The number of fused-ring (bicyclic) bond motifs is 2. The number of hydrogen-bond donors (Lipinski definition) is 3. The number of anilines is 4. The zero-order valence-electron chi connectivity index (χ0n) is 37.8. The minimum atomic E-state index is 0.257. The summed E-state index contributed by atoms with van der Waals surface area (Å²) in [4.78, 5) is 21.0. The van der Waals surface area contributed by atoms with Gasteiger partial charge in [-0.05, 0) is 78.5 Å². The predicted molar refractivity (Wildman–Crippen MR) is 250 cm³/mol. The maximum Gasteiger partial charge on any atom is 0.154 e. The lowest BCUT2D eigenvalue weighted by Gasteiger charge is -2.35. The minimum Gasteiger partial charge on any atom is -0.369 e. The highest BCUT2D eigenvalue weighted by Crippen LogP contribution is 2.29. The number of nitrogens with zero attached hydrogens (tertiary/aromatic N) is 13. The Kier molecular flexibility index (Phi) is 12.7. The monoisotopic (exact) mass is 874 g/mol. The third kappa shape index (κ3) is 10.4. The summed E-state index contributed by atoms with van der Waals surface area (Å²) in [5.74, 6) is 3.48. The molecule has 2 aliphatic heterocycles. The van der Waals surface area contributed by atoms with Crippen molar-refractivity contribution in [2.45, 2.75) is 65.0 Å². The maximum atomic E-state index is 6.03. The van der Waals surface area contributed by atoms with Gasteiger partial charge in [0.2, 0.25) is 0 Å². The Morgan fingerprint density at radius 1 is 0.600 bits per heavy atom. The van der Waals surface area contributed by atoms with Crippen LogP contribution >= 0.6 is 0 Å². The van der Waals surface area contributed by atoms with Crippen LogP contribution < -0.4 is 16.0 Å². The van der Waals surface area contributed by atoms with Gasteiger partial charge in [0.25, 0.3) is 0 Å². The Hall–Kier alpha value is -6.86. The highest BCUT2D eigenvalue weighted by Gasteiger charge is 2.25. The van der Waals surface area contributed by atoms with Gasteiger partial charge in [-0.15, -0.1) is 10.2 Å². The molecule has 2 aliphatic rings. The molecule has 0 aliphatic carbocycles. The largest absolute Gasteiger partial charge is 0.369 e. The first-order valence-electron chi connectivity index (χ1n) is 21.9. The highest BCUT2D eigenvalue weighted by molar-refractivity contribution is 5.83. The predicted octanol–water partition coefficient (Wildman–Crippen LogP) is 6.69. The van der Waals surface area contributed by atoms with Crippen LogP contribution in [0.2, 0.25) is 0 Å². The van der Waals surface area contributed by atoms with Crippen LogP contribution in [0.4, 0.5) is 23.3 Å². The quantitative estimate of drug-likeness (QED) is 0.104. The number of aromatic nitrogens is 12. The second-order valence-corrected chi connectivity index (χ2v) is 17.3. The van der Waals surface area contributed by atoms with Crippen molar-refractivity contribution in [1.29, 1.82) is 0 Å². The van der Waals surface area contributed by atoms with E-state index in [0.29, 0.717) is 48.3 Å². The van der Waals surface area contributed by atoms with Crippen LogP contribution in [0.5, 0.6) is 0 Å². The summed E-state index contributed by atoms with van der Waals surface area (Å²) in [6.07, 6.45) is 11.8. The molecule has 65 heavy (non-hydrogen) atoms. The Labute approximate surface area is 377 Å². The zero-order valence-corrected chi connectivity index (χ0v) is 37.8. The number of aryl methyl sites for hydroxylation is 2. The van der Waals surface area contributed by atoms with Crippen molar-refractivity contribution in [2.75, 3.05) is 43.9 Å².